The fourth-order valence-corrected chi connectivity index (χ4v) is 2.19. The number of rotatable bonds is 6. The maximum Gasteiger partial charge on any atom is 0.232 e. The lowest BCUT2D eigenvalue weighted by molar-refractivity contribution is -0.138. The van der Waals surface area contributed by atoms with E-state index >= 15 is 0 Å². The highest BCUT2D eigenvalue weighted by Gasteiger charge is 2.34. The maximum atomic E-state index is 12.8. The highest BCUT2D eigenvalue weighted by atomic mass is 16.2. The van der Waals surface area contributed by atoms with Gasteiger partial charge >= 0.3 is 0 Å². The highest BCUT2D eigenvalue weighted by molar-refractivity contribution is 5.87. The van der Waals surface area contributed by atoms with Crippen LogP contribution < -0.4 is 5.73 Å². The zero-order chi connectivity index (χ0) is 14.5. The zero-order valence-corrected chi connectivity index (χ0v) is 12.5. The van der Waals surface area contributed by atoms with E-state index in [1.807, 2.05) is 49.1 Å². The third kappa shape index (κ3) is 3.80. The Kier molecular flexibility index (Phi) is 5.55. The summed E-state index contributed by atoms with van der Waals surface area (Å²) in [6.07, 6.45) is 0.842. The van der Waals surface area contributed by atoms with E-state index in [1.165, 1.54) is 0 Å². The van der Waals surface area contributed by atoms with Gasteiger partial charge in [0.05, 0.1) is 5.41 Å². The molecule has 2 N–H and O–H groups in total. The molecule has 1 amide bonds. The van der Waals surface area contributed by atoms with Crippen molar-refractivity contribution in [3.63, 3.8) is 0 Å². The molecule has 0 spiro atoms. The van der Waals surface area contributed by atoms with Crippen molar-refractivity contribution >= 4 is 5.91 Å². The summed E-state index contributed by atoms with van der Waals surface area (Å²) in [6, 6.07) is 10.1. The zero-order valence-electron chi connectivity index (χ0n) is 12.5. The predicted molar refractivity (Wildman–Crippen MR) is 80.0 cm³/mol. The minimum absolute atomic E-state index is 0.169. The van der Waals surface area contributed by atoms with Crippen molar-refractivity contribution < 1.29 is 4.79 Å². The Morgan fingerprint density at radius 3 is 2.32 bits per heavy atom. The molecular formula is C16H26N2O. The molecular weight excluding hydrogens is 236 g/mol. The van der Waals surface area contributed by atoms with Crippen LogP contribution in [0.2, 0.25) is 0 Å². The average Bonchev–Trinajstić information content (AvgIpc) is 2.39. The van der Waals surface area contributed by atoms with Gasteiger partial charge in [0.15, 0.2) is 0 Å². The highest BCUT2D eigenvalue weighted by Crippen LogP contribution is 2.26. The van der Waals surface area contributed by atoms with Gasteiger partial charge in [0, 0.05) is 12.6 Å². The van der Waals surface area contributed by atoms with Crippen molar-refractivity contribution in [2.45, 2.75) is 45.6 Å². The van der Waals surface area contributed by atoms with Crippen molar-refractivity contribution in [1.82, 2.24) is 4.90 Å². The van der Waals surface area contributed by atoms with Gasteiger partial charge in [-0.15, -0.1) is 0 Å². The maximum absolute atomic E-state index is 12.8. The second kappa shape index (κ2) is 6.71. The van der Waals surface area contributed by atoms with E-state index in [-0.39, 0.29) is 11.9 Å². The summed E-state index contributed by atoms with van der Waals surface area (Å²) in [5.41, 5.74) is 6.11. The van der Waals surface area contributed by atoms with Gasteiger partial charge in [-0.1, -0.05) is 30.3 Å². The minimum atomic E-state index is -0.500. The number of carbonyl (C=O) groups excluding carboxylic acids is 1. The van der Waals surface area contributed by atoms with E-state index in [0.29, 0.717) is 6.54 Å². The van der Waals surface area contributed by atoms with Crippen LogP contribution in [0.3, 0.4) is 0 Å². The van der Waals surface area contributed by atoms with Gasteiger partial charge in [-0.25, -0.2) is 0 Å². The number of hydrogen-bond donors (Lipinski definition) is 1. The molecule has 0 saturated heterocycles. The molecule has 0 unspecified atom stereocenters. The second-order valence-corrected chi connectivity index (χ2v) is 5.73. The van der Waals surface area contributed by atoms with Crippen LogP contribution in [0.4, 0.5) is 0 Å². The Labute approximate surface area is 116 Å². The van der Waals surface area contributed by atoms with Gasteiger partial charge in [0.2, 0.25) is 5.91 Å². The third-order valence-electron chi connectivity index (χ3n) is 3.52. The average molecular weight is 262 g/mol. The van der Waals surface area contributed by atoms with E-state index in [1.54, 1.807) is 0 Å². The number of benzene rings is 1. The molecule has 3 heteroatoms. The van der Waals surface area contributed by atoms with E-state index in [0.717, 1.165) is 18.5 Å². The number of hydrogen-bond acceptors (Lipinski definition) is 2. The van der Waals surface area contributed by atoms with Gasteiger partial charge in [-0.2, -0.15) is 0 Å². The molecule has 0 aliphatic rings. The molecule has 0 fully saturated rings. The third-order valence-corrected chi connectivity index (χ3v) is 3.52. The Balaban J connectivity index is 2.95. The van der Waals surface area contributed by atoms with Crippen molar-refractivity contribution in [3.8, 4) is 0 Å². The second-order valence-electron chi connectivity index (χ2n) is 5.73. The van der Waals surface area contributed by atoms with Crippen molar-refractivity contribution in [3.05, 3.63) is 35.9 Å². The van der Waals surface area contributed by atoms with Crippen molar-refractivity contribution in [2.24, 2.45) is 5.73 Å². The lowest BCUT2D eigenvalue weighted by Crippen LogP contribution is -2.47. The van der Waals surface area contributed by atoms with Gasteiger partial charge in [-0.05, 0) is 46.2 Å². The summed E-state index contributed by atoms with van der Waals surface area (Å²) in [7, 11) is 0. The smallest absolute Gasteiger partial charge is 0.232 e. The standard InChI is InChI=1S/C16H26N2O/c1-13(2)18(12-8-11-17)15(19)16(3,4)14-9-6-5-7-10-14/h5-7,9-10,13H,8,11-12,17H2,1-4H3. The molecule has 106 valence electrons. The SMILES string of the molecule is CC(C)N(CCCN)C(=O)C(C)(C)c1ccccc1. The monoisotopic (exact) mass is 262 g/mol. The topological polar surface area (TPSA) is 46.3 Å². The van der Waals surface area contributed by atoms with Crippen LogP contribution in [-0.2, 0) is 10.2 Å². The molecule has 1 aromatic carbocycles. The lowest BCUT2D eigenvalue weighted by Gasteiger charge is -2.35. The van der Waals surface area contributed by atoms with Gasteiger partial charge in [0.25, 0.3) is 0 Å². The van der Waals surface area contributed by atoms with Gasteiger partial charge < -0.3 is 10.6 Å². The summed E-state index contributed by atoms with van der Waals surface area (Å²) < 4.78 is 0. The lowest BCUT2D eigenvalue weighted by atomic mass is 9.83. The molecule has 3 nitrogen and oxygen atoms in total. The van der Waals surface area contributed by atoms with E-state index in [2.05, 4.69) is 13.8 Å². The van der Waals surface area contributed by atoms with Crippen LogP contribution in [0.1, 0.15) is 39.7 Å². The molecule has 0 radical (unpaired) electrons. The normalized spacial score (nSPS) is 11.7. The van der Waals surface area contributed by atoms with E-state index in [4.69, 9.17) is 5.73 Å². The number of nitrogens with zero attached hydrogens (tertiary/aromatic N) is 1. The fraction of sp³-hybridized carbons (Fsp3) is 0.562. The predicted octanol–water partition coefficient (Wildman–Crippen LogP) is 2.55. The Morgan fingerprint density at radius 1 is 1.26 bits per heavy atom. The first-order valence-corrected chi connectivity index (χ1v) is 6.98. The summed E-state index contributed by atoms with van der Waals surface area (Å²) >= 11 is 0. The molecule has 0 aromatic heterocycles. The molecule has 0 aliphatic heterocycles. The number of amides is 1. The van der Waals surface area contributed by atoms with E-state index in [9.17, 15) is 4.79 Å². The molecule has 0 aliphatic carbocycles. The molecule has 1 rings (SSSR count). The summed E-state index contributed by atoms with van der Waals surface area (Å²) in [4.78, 5) is 14.7. The first kappa shape index (κ1) is 15.7. The van der Waals surface area contributed by atoms with Crippen LogP contribution in [0.15, 0.2) is 30.3 Å². The quantitative estimate of drug-likeness (QED) is 0.856. The molecule has 0 atom stereocenters. The molecule has 19 heavy (non-hydrogen) atoms. The fourth-order valence-electron chi connectivity index (χ4n) is 2.19. The van der Waals surface area contributed by atoms with Crippen molar-refractivity contribution in [2.75, 3.05) is 13.1 Å². The minimum Gasteiger partial charge on any atom is -0.339 e. The van der Waals surface area contributed by atoms with Crippen molar-refractivity contribution in [1.29, 1.82) is 0 Å². The first-order valence-electron chi connectivity index (χ1n) is 6.98. The van der Waals surface area contributed by atoms with Gasteiger partial charge in [0.1, 0.15) is 0 Å². The largest absolute Gasteiger partial charge is 0.339 e. The van der Waals surface area contributed by atoms with Crippen LogP contribution >= 0.6 is 0 Å². The van der Waals surface area contributed by atoms with Crippen LogP contribution in [-0.4, -0.2) is 29.9 Å². The Morgan fingerprint density at radius 2 is 1.84 bits per heavy atom. The molecule has 0 saturated carbocycles. The van der Waals surface area contributed by atoms with Gasteiger partial charge in [-0.3, -0.25) is 4.79 Å². The van der Waals surface area contributed by atoms with Crippen LogP contribution in [0.25, 0.3) is 0 Å². The summed E-state index contributed by atoms with van der Waals surface area (Å²) in [5.74, 6) is 0.169. The van der Waals surface area contributed by atoms with Crippen LogP contribution in [0, 0.1) is 0 Å². The Bertz CT molecular complexity index is 398. The molecule has 0 bridgehead atoms. The van der Waals surface area contributed by atoms with E-state index < -0.39 is 5.41 Å². The number of carbonyl (C=O) groups is 1. The Hall–Kier alpha value is -1.35. The molecule has 1 aromatic rings. The summed E-state index contributed by atoms with van der Waals surface area (Å²) in [6.45, 7) is 9.42. The molecule has 0 heterocycles. The summed E-state index contributed by atoms with van der Waals surface area (Å²) in [5, 5.41) is 0. The number of nitrogens with two attached hydrogens (primary N) is 1. The van der Waals surface area contributed by atoms with Crippen LogP contribution in [0.5, 0.6) is 0 Å². The first-order chi connectivity index (χ1) is 8.91.